The molecule has 2 nitrogen and oxygen atoms in total. The Morgan fingerprint density at radius 3 is 2.68 bits per heavy atom. The summed E-state index contributed by atoms with van der Waals surface area (Å²) in [4.78, 5) is 18.3. The number of carbonyl (C=O) groups excluding carboxylic acids is 1. The third-order valence-corrected chi connectivity index (χ3v) is 5.38. The molecule has 3 rings (SSSR count). The molecule has 2 aliphatic rings. The molecule has 0 N–H and O–H groups in total. The van der Waals surface area contributed by atoms with E-state index in [-0.39, 0.29) is 11.0 Å². The second-order valence-corrected chi connectivity index (χ2v) is 6.57. The molecular formula is C16H19NOS. The Labute approximate surface area is 118 Å². The number of nitrogens with zero attached hydrogens (tertiary/aromatic N) is 1. The average molecular weight is 273 g/mol. The quantitative estimate of drug-likeness (QED) is 0.758. The van der Waals surface area contributed by atoms with E-state index >= 15 is 0 Å². The van der Waals surface area contributed by atoms with Gasteiger partial charge in [-0.3, -0.25) is 9.79 Å². The molecule has 0 saturated heterocycles. The highest BCUT2D eigenvalue weighted by molar-refractivity contribution is 8.02. The van der Waals surface area contributed by atoms with Crippen LogP contribution in [0.3, 0.4) is 0 Å². The summed E-state index contributed by atoms with van der Waals surface area (Å²) >= 11 is 1.66. The fraction of sp³-hybridized carbons (Fsp3) is 0.500. The van der Waals surface area contributed by atoms with Crippen LogP contribution in [-0.4, -0.2) is 22.8 Å². The van der Waals surface area contributed by atoms with Gasteiger partial charge in [0.15, 0.2) is 5.78 Å². The van der Waals surface area contributed by atoms with Crippen molar-refractivity contribution < 1.29 is 4.79 Å². The molecule has 0 bridgehead atoms. The van der Waals surface area contributed by atoms with Gasteiger partial charge in [-0.05, 0) is 25.8 Å². The van der Waals surface area contributed by atoms with Gasteiger partial charge in [-0.2, -0.15) is 0 Å². The van der Waals surface area contributed by atoms with Gasteiger partial charge in [0.05, 0.1) is 0 Å². The number of ketones is 1. The summed E-state index contributed by atoms with van der Waals surface area (Å²) in [7, 11) is 0. The molecule has 0 amide bonds. The first-order valence-electron chi connectivity index (χ1n) is 7.10. The van der Waals surface area contributed by atoms with E-state index in [9.17, 15) is 4.79 Å². The van der Waals surface area contributed by atoms with Gasteiger partial charge >= 0.3 is 0 Å². The fourth-order valence-electron chi connectivity index (χ4n) is 2.94. The van der Waals surface area contributed by atoms with E-state index < -0.39 is 0 Å². The zero-order valence-electron chi connectivity index (χ0n) is 11.3. The van der Waals surface area contributed by atoms with Crippen LogP contribution in [-0.2, 0) is 0 Å². The van der Waals surface area contributed by atoms with Crippen molar-refractivity contribution in [3.63, 3.8) is 0 Å². The van der Waals surface area contributed by atoms with Gasteiger partial charge in [0.25, 0.3) is 0 Å². The predicted octanol–water partition coefficient (Wildman–Crippen LogP) is 4.14. The Morgan fingerprint density at radius 2 is 1.95 bits per heavy atom. The number of fused-ring (bicyclic) bond motifs is 1. The molecule has 1 aromatic carbocycles. The molecule has 1 atom stereocenters. The maximum atomic E-state index is 12.4. The van der Waals surface area contributed by atoms with E-state index in [2.05, 4.69) is 0 Å². The molecule has 3 heteroatoms. The molecule has 0 radical (unpaired) electrons. The minimum atomic E-state index is -0.0840. The summed E-state index contributed by atoms with van der Waals surface area (Å²) in [6.07, 6.45) is 6.29. The lowest BCUT2D eigenvalue weighted by molar-refractivity contribution is 0.101. The molecule has 1 aliphatic heterocycles. The summed E-state index contributed by atoms with van der Waals surface area (Å²) in [6.45, 7) is 2.02. The minimum Gasteiger partial charge on any atom is -0.292 e. The Balaban J connectivity index is 1.77. The summed E-state index contributed by atoms with van der Waals surface area (Å²) in [5, 5.41) is -0.0840. The van der Waals surface area contributed by atoms with Gasteiger partial charge < -0.3 is 0 Å². The zero-order chi connectivity index (χ0) is 13.2. The number of aliphatic imine (C=N–C) groups is 1. The fourth-order valence-corrected chi connectivity index (χ4v) is 4.11. The number of rotatable bonds is 2. The molecule has 0 aromatic heterocycles. The van der Waals surface area contributed by atoms with Gasteiger partial charge in [-0.15, -0.1) is 11.8 Å². The molecule has 1 aromatic rings. The minimum absolute atomic E-state index is 0.0840. The molecule has 19 heavy (non-hydrogen) atoms. The van der Waals surface area contributed by atoms with E-state index in [0.29, 0.717) is 6.04 Å². The first-order chi connectivity index (χ1) is 9.25. The van der Waals surface area contributed by atoms with Gasteiger partial charge in [0.1, 0.15) is 5.25 Å². The van der Waals surface area contributed by atoms with Crippen LogP contribution in [0.4, 0.5) is 0 Å². The van der Waals surface area contributed by atoms with Crippen molar-refractivity contribution in [2.75, 3.05) is 0 Å². The number of thioether (sulfide) groups is 1. The maximum Gasteiger partial charge on any atom is 0.182 e. The van der Waals surface area contributed by atoms with Gasteiger partial charge in [0.2, 0.25) is 0 Å². The molecule has 1 heterocycles. The summed E-state index contributed by atoms with van der Waals surface area (Å²) in [6, 6.07) is 8.35. The number of Topliss-reactive ketones (excluding diaryl/α,β-unsaturated/α-hetero) is 1. The second-order valence-electron chi connectivity index (χ2n) is 5.42. The molecule has 100 valence electrons. The number of hydrogen-bond acceptors (Lipinski definition) is 3. The molecule has 1 unspecified atom stereocenters. The van der Waals surface area contributed by atoms with Gasteiger partial charge in [-0.1, -0.05) is 37.5 Å². The van der Waals surface area contributed by atoms with E-state index in [1.54, 1.807) is 11.8 Å². The normalized spacial score (nSPS) is 24.6. The van der Waals surface area contributed by atoms with Crippen LogP contribution in [0.1, 0.15) is 49.4 Å². The predicted molar refractivity (Wildman–Crippen MR) is 80.4 cm³/mol. The number of carbonyl (C=O) groups is 1. The number of hydrogen-bond donors (Lipinski definition) is 0. The Hall–Kier alpha value is -1.09. The highest BCUT2D eigenvalue weighted by Gasteiger charge is 2.33. The molecule has 1 fully saturated rings. The topological polar surface area (TPSA) is 29.4 Å². The van der Waals surface area contributed by atoms with E-state index in [4.69, 9.17) is 4.99 Å². The second kappa shape index (κ2) is 5.49. The third-order valence-electron chi connectivity index (χ3n) is 3.98. The summed E-state index contributed by atoms with van der Waals surface area (Å²) < 4.78 is 0. The lowest BCUT2D eigenvalue weighted by Gasteiger charge is -2.19. The molecule has 1 aliphatic carbocycles. The monoisotopic (exact) mass is 273 g/mol. The Bertz CT molecular complexity index is 517. The highest BCUT2D eigenvalue weighted by atomic mass is 32.2. The third kappa shape index (κ3) is 2.62. The average Bonchev–Trinajstić information content (AvgIpc) is 2.78. The van der Waals surface area contributed by atoms with Crippen molar-refractivity contribution in [2.45, 2.75) is 55.2 Å². The van der Waals surface area contributed by atoms with Crippen molar-refractivity contribution in [1.82, 2.24) is 0 Å². The largest absolute Gasteiger partial charge is 0.292 e. The first-order valence-corrected chi connectivity index (χ1v) is 7.98. The molecule has 1 saturated carbocycles. The van der Waals surface area contributed by atoms with Crippen LogP contribution >= 0.6 is 11.8 Å². The summed E-state index contributed by atoms with van der Waals surface area (Å²) in [5.74, 6) is 0.234. The van der Waals surface area contributed by atoms with Crippen LogP contribution in [0.2, 0.25) is 0 Å². The van der Waals surface area contributed by atoms with Crippen molar-refractivity contribution >= 4 is 23.3 Å². The van der Waals surface area contributed by atoms with Crippen LogP contribution in [0.15, 0.2) is 34.2 Å². The smallest absolute Gasteiger partial charge is 0.182 e. The van der Waals surface area contributed by atoms with Crippen LogP contribution < -0.4 is 0 Å². The molecule has 0 spiro atoms. The van der Waals surface area contributed by atoms with Crippen LogP contribution in [0, 0.1) is 0 Å². The first kappa shape index (κ1) is 12.9. The zero-order valence-corrected chi connectivity index (χ0v) is 12.1. The molecular weight excluding hydrogens is 254 g/mol. The summed E-state index contributed by atoms with van der Waals surface area (Å²) in [5.41, 5.74) is 1.88. The number of benzene rings is 1. The maximum absolute atomic E-state index is 12.4. The van der Waals surface area contributed by atoms with Crippen LogP contribution in [0.25, 0.3) is 0 Å². The SMILES string of the molecule is CC(=NC1CCCCC1)C1Sc2ccccc2C1=O. The lowest BCUT2D eigenvalue weighted by Crippen LogP contribution is -2.23. The Morgan fingerprint density at radius 1 is 1.21 bits per heavy atom. The van der Waals surface area contributed by atoms with E-state index in [1.165, 1.54) is 32.1 Å². The van der Waals surface area contributed by atoms with Crippen molar-refractivity contribution in [3.05, 3.63) is 29.8 Å². The van der Waals surface area contributed by atoms with Crippen molar-refractivity contribution in [3.8, 4) is 0 Å². The highest BCUT2D eigenvalue weighted by Crippen LogP contribution is 2.37. The van der Waals surface area contributed by atoms with Gasteiger partial charge in [-0.25, -0.2) is 0 Å². The van der Waals surface area contributed by atoms with Crippen molar-refractivity contribution in [1.29, 1.82) is 0 Å². The van der Waals surface area contributed by atoms with E-state index in [0.717, 1.165) is 16.2 Å². The van der Waals surface area contributed by atoms with Gasteiger partial charge in [0, 0.05) is 22.2 Å². The Kier molecular flexibility index (Phi) is 3.74. The van der Waals surface area contributed by atoms with E-state index in [1.807, 2.05) is 31.2 Å². The van der Waals surface area contributed by atoms with Crippen molar-refractivity contribution in [2.24, 2.45) is 4.99 Å². The van der Waals surface area contributed by atoms with Crippen LogP contribution in [0.5, 0.6) is 0 Å². The standard InChI is InChI=1S/C16H19NOS/c1-11(17-12-7-3-2-4-8-12)16-15(18)13-9-5-6-10-14(13)19-16/h5-6,9-10,12,16H,2-4,7-8H2,1H3. The lowest BCUT2D eigenvalue weighted by atomic mass is 9.95.